The summed E-state index contributed by atoms with van der Waals surface area (Å²) in [7, 11) is 0. The molecule has 0 fully saturated rings. The molecule has 0 aromatic heterocycles. The summed E-state index contributed by atoms with van der Waals surface area (Å²) in [6.45, 7) is 15.3. The second-order valence-corrected chi connectivity index (χ2v) is 8.64. The van der Waals surface area contributed by atoms with Crippen molar-refractivity contribution in [3.8, 4) is 0 Å². The van der Waals surface area contributed by atoms with Crippen molar-refractivity contribution in [1.29, 1.82) is 0 Å². The molecule has 0 aliphatic heterocycles. The number of carbonyl (C=O) groups is 1. The van der Waals surface area contributed by atoms with Crippen LogP contribution < -0.4 is 0 Å². The Morgan fingerprint density at radius 1 is 1.04 bits per heavy atom. The second-order valence-electron chi connectivity index (χ2n) is 8.64. The molecule has 0 amide bonds. The van der Waals surface area contributed by atoms with E-state index < -0.39 is 11.8 Å². The Balaban J connectivity index is 2.10. The van der Waals surface area contributed by atoms with Gasteiger partial charge in [0.25, 0.3) is 0 Å². The fourth-order valence-corrected chi connectivity index (χ4v) is 4.48. The molecule has 0 saturated heterocycles. The smallest absolute Gasteiger partial charge is 0.338 e. The molecule has 0 bridgehead atoms. The summed E-state index contributed by atoms with van der Waals surface area (Å²) in [6, 6.07) is 8.59. The molecule has 136 valence electrons. The van der Waals surface area contributed by atoms with Crippen LogP contribution in [0.3, 0.4) is 0 Å². The number of halogens is 1. The summed E-state index contributed by atoms with van der Waals surface area (Å²) in [5.41, 5.74) is 5.94. The molecule has 26 heavy (non-hydrogen) atoms. The van der Waals surface area contributed by atoms with E-state index in [9.17, 15) is 9.18 Å². The number of hydrogen-bond donors (Lipinski definition) is 1. The van der Waals surface area contributed by atoms with Crippen molar-refractivity contribution in [1.82, 2.24) is 0 Å². The Bertz CT molecular complexity index is 935. The maximum absolute atomic E-state index is 14.1. The van der Waals surface area contributed by atoms with Crippen molar-refractivity contribution in [2.75, 3.05) is 0 Å². The van der Waals surface area contributed by atoms with E-state index in [2.05, 4.69) is 46.4 Å². The molecule has 1 aliphatic carbocycles. The zero-order valence-electron chi connectivity index (χ0n) is 16.0. The van der Waals surface area contributed by atoms with Crippen molar-refractivity contribution < 1.29 is 14.3 Å². The van der Waals surface area contributed by atoms with Gasteiger partial charge in [0.1, 0.15) is 5.82 Å². The molecule has 1 N–H and O–H groups in total. The standard InChI is InChI=1S/C23H25FO2/c1-13-9-18-19(23(5,6)12-22(18,3)4)11-17(13)14(2)15-7-8-16(21(25)26)20(24)10-15/h7-11H,2,12H2,1,3-6H3,(H,25,26). The van der Waals surface area contributed by atoms with Crippen molar-refractivity contribution in [3.63, 3.8) is 0 Å². The van der Waals surface area contributed by atoms with Crippen LogP contribution >= 0.6 is 0 Å². The van der Waals surface area contributed by atoms with Gasteiger partial charge in [0.05, 0.1) is 5.56 Å². The maximum Gasteiger partial charge on any atom is 0.338 e. The van der Waals surface area contributed by atoms with Gasteiger partial charge in [-0.05, 0) is 69.7 Å². The van der Waals surface area contributed by atoms with Crippen LogP contribution in [0, 0.1) is 12.7 Å². The third kappa shape index (κ3) is 2.86. The minimum absolute atomic E-state index is 0.0694. The van der Waals surface area contributed by atoms with E-state index in [-0.39, 0.29) is 16.4 Å². The van der Waals surface area contributed by atoms with Gasteiger partial charge < -0.3 is 5.11 Å². The topological polar surface area (TPSA) is 37.3 Å². The van der Waals surface area contributed by atoms with Gasteiger partial charge in [0.2, 0.25) is 0 Å². The molecular weight excluding hydrogens is 327 g/mol. The zero-order chi connectivity index (χ0) is 19.4. The van der Waals surface area contributed by atoms with Crippen LogP contribution in [0.4, 0.5) is 4.39 Å². The van der Waals surface area contributed by atoms with Gasteiger partial charge in [-0.1, -0.05) is 52.5 Å². The van der Waals surface area contributed by atoms with Gasteiger partial charge in [-0.3, -0.25) is 0 Å². The molecule has 2 nitrogen and oxygen atoms in total. The van der Waals surface area contributed by atoms with Crippen LogP contribution in [-0.2, 0) is 10.8 Å². The molecule has 0 radical (unpaired) electrons. The Morgan fingerprint density at radius 3 is 2.15 bits per heavy atom. The van der Waals surface area contributed by atoms with Gasteiger partial charge in [-0.2, -0.15) is 0 Å². The summed E-state index contributed by atoms with van der Waals surface area (Å²) < 4.78 is 14.1. The molecule has 3 heteroatoms. The molecule has 0 saturated carbocycles. The molecule has 0 heterocycles. The van der Waals surface area contributed by atoms with E-state index in [0.29, 0.717) is 11.1 Å². The number of fused-ring (bicyclic) bond motifs is 1. The summed E-state index contributed by atoms with van der Waals surface area (Å²) in [5.74, 6) is -2.01. The number of carboxylic acids is 1. The Kier molecular flexibility index (Phi) is 4.10. The van der Waals surface area contributed by atoms with Gasteiger partial charge in [0, 0.05) is 0 Å². The first kappa shape index (κ1) is 18.4. The molecule has 0 spiro atoms. The van der Waals surface area contributed by atoms with E-state index in [1.54, 1.807) is 6.07 Å². The van der Waals surface area contributed by atoms with Crippen molar-refractivity contribution >= 4 is 11.5 Å². The first-order valence-electron chi connectivity index (χ1n) is 8.82. The van der Waals surface area contributed by atoms with Gasteiger partial charge in [0.15, 0.2) is 0 Å². The van der Waals surface area contributed by atoms with Gasteiger partial charge in [-0.15, -0.1) is 0 Å². The molecular formula is C23H25FO2. The molecule has 2 aromatic rings. The first-order valence-corrected chi connectivity index (χ1v) is 8.82. The van der Waals surface area contributed by atoms with Crippen molar-refractivity contribution in [3.05, 3.63) is 76.1 Å². The van der Waals surface area contributed by atoms with Crippen LogP contribution in [0.25, 0.3) is 5.57 Å². The minimum atomic E-state index is -1.27. The fourth-order valence-electron chi connectivity index (χ4n) is 4.48. The number of carboxylic acid groups (broad SMARTS) is 1. The maximum atomic E-state index is 14.1. The first-order chi connectivity index (χ1) is 11.9. The van der Waals surface area contributed by atoms with E-state index in [4.69, 9.17) is 5.11 Å². The monoisotopic (exact) mass is 352 g/mol. The van der Waals surface area contributed by atoms with Crippen LogP contribution in [0.2, 0.25) is 0 Å². The van der Waals surface area contributed by atoms with E-state index in [0.717, 1.165) is 17.5 Å². The Hall–Kier alpha value is -2.42. The van der Waals surface area contributed by atoms with E-state index >= 15 is 0 Å². The number of rotatable bonds is 3. The summed E-state index contributed by atoms with van der Waals surface area (Å²) in [4.78, 5) is 11.0. The average molecular weight is 352 g/mol. The summed E-state index contributed by atoms with van der Waals surface area (Å²) in [5, 5.41) is 9.01. The highest BCUT2D eigenvalue weighted by Crippen LogP contribution is 2.50. The molecule has 3 rings (SSSR count). The predicted octanol–water partition coefficient (Wildman–Crippen LogP) is 5.85. The molecule has 2 aromatic carbocycles. The summed E-state index contributed by atoms with van der Waals surface area (Å²) in [6.07, 6.45) is 1.08. The number of benzene rings is 2. The SMILES string of the molecule is C=C(c1ccc(C(=O)O)c(F)c1)c1cc2c(cc1C)C(C)(C)CC2(C)C. The lowest BCUT2D eigenvalue weighted by Gasteiger charge is -2.22. The molecule has 0 atom stereocenters. The highest BCUT2D eigenvalue weighted by molar-refractivity contribution is 5.89. The van der Waals surface area contributed by atoms with E-state index in [1.807, 2.05) is 6.92 Å². The molecule has 1 aliphatic rings. The van der Waals surface area contributed by atoms with Crippen LogP contribution in [0.5, 0.6) is 0 Å². The number of aromatic carboxylic acids is 1. The quantitative estimate of drug-likeness (QED) is 0.752. The Morgan fingerprint density at radius 2 is 1.62 bits per heavy atom. The fraction of sp³-hybridized carbons (Fsp3) is 0.348. The largest absolute Gasteiger partial charge is 0.478 e. The van der Waals surface area contributed by atoms with Crippen molar-refractivity contribution in [2.24, 2.45) is 0 Å². The van der Waals surface area contributed by atoms with Gasteiger partial charge in [-0.25, -0.2) is 9.18 Å². The highest BCUT2D eigenvalue weighted by atomic mass is 19.1. The lowest BCUT2D eigenvalue weighted by Crippen LogP contribution is -2.18. The second kappa shape index (κ2) is 5.80. The van der Waals surface area contributed by atoms with Crippen LogP contribution in [0.15, 0.2) is 36.9 Å². The lowest BCUT2D eigenvalue weighted by molar-refractivity contribution is 0.0692. The third-order valence-corrected chi connectivity index (χ3v) is 5.58. The lowest BCUT2D eigenvalue weighted by atomic mass is 9.82. The predicted molar refractivity (Wildman–Crippen MR) is 103 cm³/mol. The number of aryl methyl sites for hydroxylation is 1. The van der Waals surface area contributed by atoms with E-state index in [1.165, 1.54) is 23.3 Å². The Labute approximate surface area is 154 Å². The average Bonchev–Trinajstić information content (AvgIpc) is 2.69. The van der Waals surface area contributed by atoms with Crippen molar-refractivity contribution in [2.45, 2.75) is 51.9 Å². The van der Waals surface area contributed by atoms with Gasteiger partial charge >= 0.3 is 5.97 Å². The minimum Gasteiger partial charge on any atom is -0.478 e. The van der Waals surface area contributed by atoms with Crippen LogP contribution in [0.1, 0.15) is 72.3 Å². The highest BCUT2D eigenvalue weighted by Gasteiger charge is 2.42. The third-order valence-electron chi connectivity index (χ3n) is 5.58. The zero-order valence-corrected chi connectivity index (χ0v) is 16.0. The van der Waals surface area contributed by atoms with Crippen LogP contribution in [-0.4, -0.2) is 11.1 Å². The number of hydrogen-bond acceptors (Lipinski definition) is 1. The normalized spacial score (nSPS) is 17.0. The summed E-state index contributed by atoms with van der Waals surface area (Å²) >= 11 is 0. The molecule has 0 unspecified atom stereocenters.